The lowest BCUT2D eigenvalue weighted by Crippen LogP contribution is -2.30. The Hall–Kier alpha value is -1.73. The minimum absolute atomic E-state index is 0.354. The highest BCUT2D eigenvalue weighted by atomic mass is 32.2. The Bertz CT molecular complexity index is 725. The lowest BCUT2D eigenvalue weighted by Gasteiger charge is -2.27. The fourth-order valence-corrected chi connectivity index (χ4v) is 6.01. The van der Waals surface area contributed by atoms with Crippen LogP contribution in [0.25, 0.3) is 5.57 Å². The first-order valence-corrected chi connectivity index (χ1v) is 9.00. The van der Waals surface area contributed by atoms with Crippen LogP contribution in [0.2, 0.25) is 0 Å². The molecule has 0 nitrogen and oxygen atoms in total. The van der Waals surface area contributed by atoms with Crippen molar-refractivity contribution in [2.24, 2.45) is 0 Å². The summed E-state index contributed by atoms with van der Waals surface area (Å²) in [6, 6.07) is 19.8. The van der Waals surface area contributed by atoms with Gasteiger partial charge in [-0.15, -0.1) is 0 Å². The van der Waals surface area contributed by atoms with Crippen LogP contribution in [0, 0.1) is 0 Å². The van der Waals surface area contributed by atoms with E-state index in [-0.39, 0.29) is 0 Å². The molecule has 21 heavy (non-hydrogen) atoms. The van der Waals surface area contributed by atoms with Gasteiger partial charge in [-0.05, 0) is 42.3 Å². The number of hydrogen-bond acceptors (Lipinski definition) is 0. The topological polar surface area (TPSA) is 0 Å². The second-order valence-electron chi connectivity index (χ2n) is 5.83. The molecule has 2 atom stereocenters. The highest BCUT2D eigenvalue weighted by molar-refractivity contribution is 7.98. The molecule has 0 bridgehead atoms. The molecule has 0 aliphatic carbocycles. The first-order chi connectivity index (χ1) is 10.3. The predicted octanol–water partition coefficient (Wildman–Crippen LogP) is 4.83. The van der Waals surface area contributed by atoms with Crippen LogP contribution in [-0.4, -0.2) is 11.0 Å². The second-order valence-corrected chi connectivity index (χ2v) is 8.07. The predicted molar refractivity (Wildman–Crippen MR) is 92.6 cm³/mol. The number of rotatable bonds is 1. The maximum Gasteiger partial charge on any atom is 0.163 e. The van der Waals surface area contributed by atoms with Gasteiger partial charge in [-0.1, -0.05) is 48.0 Å². The highest BCUT2D eigenvalue weighted by Gasteiger charge is 2.39. The van der Waals surface area contributed by atoms with Crippen molar-refractivity contribution in [3.63, 3.8) is 0 Å². The summed E-state index contributed by atoms with van der Waals surface area (Å²) in [7, 11) is 0.354. The molecule has 0 aromatic heterocycles. The molecule has 4 rings (SSSR count). The maximum absolute atomic E-state index is 2.54. The summed E-state index contributed by atoms with van der Waals surface area (Å²) in [6.45, 7) is 2.28. The molecule has 2 aliphatic heterocycles. The Morgan fingerprint density at radius 1 is 0.952 bits per heavy atom. The third-order valence-corrected chi connectivity index (χ3v) is 6.88. The third kappa shape index (κ3) is 2.26. The van der Waals surface area contributed by atoms with Gasteiger partial charge in [0.2, 0.25) is 0 Å². The van der Waals surface area contributed by atoms with Gasteiger partial charge in [0.25, 0.3) is 0 Å². The van der Waals surface area contributed by atoms with Crippen LogP contribution in [0.5, 0.6) is 0 Å². The van der Waals surface area contributed by atoms with E-state index < -0.39 is 0 Å². The molecule has 0 amide bonds. The van der Waals surface area contributed by atoms with Crippen LogP contribution in [0.1, 0.15) is 24.5 Å². The van der Waals surface area contributed by atoms with Crippen molar-refractivity contribution in [3.05, 3.63) is 83.4 Å². The normalized spacial score (nSPS) is 23.7. The molecule has 0 fully saturated rings. The van der Waals surface area contributed by atoms with E-state index in [0.29, 0.717) is 16.1 Å². The molecule has 0 saturated carbocycles. The first kappa shape index (κ1) is 13.0. The largest absolute Gasteiger partial charge is 0.163 e. The molecule has 1 heteroatoms. The van der Waals surface area contributed by atoms with Crippen molar-refractivity contribution in [1.82, 2.24) is 0 Å². The van der Waals surface area contributed by atoms with Crippen molar-refractivity contribution < 1.29 is 0 Å². The zero-order valence-corrected chi connectivity index (χ0v) is 13.1. The fraction of sp³-hybridized carbons (Fsp3) is 0.200. The van der Waals surface area contributed by atoms with Gasteiger partial charge < -0.3 is 0 Å². The van der Waals surface area contributed by atoms with Gasteiger partial charge in [-0.3, -0.25) is 0 Å². The lowest BCUT2D eigenvalue weighted by atomic mass is 9.95. The molecule has 0 spiro atoms. The van der Waals surface area contributed by atoms with Gasteiger partial charge in [0.1, 0.15) is 11.0 Å². The number of hydrogen-bond donors (Lipinski definition) is 0. The zero-order valence-electron chi connectivity index (χ0n) is 12.3. The van der Waals surface area contributed by atoms with Crippen molar-refractivity contribution >= 4 is 16.5 Å². The average molecular weight is 291 g/mol. The van der Waals surface area contributed by atoms with Crippen molar-refractivity contribution in [3.8, 4) is 0 Å². The fourth-order valence-electron chi connectivity index (χ4n) is 3.31. The van der Waals surface area contributed by atoms with Gasteiger partial charge in [-0.25, -0.2) is 0 Å². The van der Waals surface area contributed by atoms with Crippen molar-refractivity contribution in [2.75, 3.05) is 5.75 Å². The van der Waals surface area contributed by atoms with E-state index in [9.17, 15) is 0 Å². The van der Waals surface area contributed by atoms with Crippen molar-refractivity contribution in [2.45, 2.75) is 23.5 Å². The van der Waals surface area contributed by atoms with E-state index in [0.717, 1.165) is 0 Å². The molecule has 2 unspecified atom stereocenters. The molecule has 2 aromatic carbocycles. The number of fused-ring (bicyclic) bond motifs is 3. The van der Waals surface area contributed by atoms with Crippen LogP contribution < -0.4 is 0 Å². The lowest BCUT2D eigenvalue weighted by molar-refractivity contribution is 0.956. The summed E-state index contributed by atoms with van der Waals surface area (Å²) in [6.07, 6.45) is 6.20. The molecule has 2 heterocycles. The average Bonchev–Trinajstić information content (AvgIpc) is 2.54. The van der Waals surface area contributed by atoms with Crippen LogP contribution in [-0.2, 0) is 10.9 Å². The van der Waals surface area contributed by atoms with Gasteiger partial charge in [0, 0.05) is 22.9 Å². The van der Waals surface area contributed by atoms with Crippen LogP contribution in [0.15, 0.2) is 77.2 Å². The molecular weight excluding hydrogens is 272 g/mol. The summed E-state index contributed by atoms with van der Waals surface area (Å²) in [5, 5.41) is 0.681. The van der Waals surface area contributed by atoms with E-state index in [1.807, 2.05) is 0 Å². The van der Waals surface area contributed by atoms with E-state index in [1.165, 1.54) is 28.9 Å². The molecule has 104 valence electrons. The summed E-state index contributed by atoms with van der Waals surface area (Å²) in [5.41, 5.74) is 5.76. The van der Waals surface area contributed by atoms with E-state index in [1.54, 1.807) is 10.5 Å². The molecule has 2 aliphatic rings. The summed E-state index contributed by atoms with van der Waals surface area (Å²) in [5.74, 6) is 1.21. The van der Waals surface area contributed by atoms with E-state index >= 15 is 0 Å². The SMILES string of the molecule is CC1=CC[S+]2c3ccccc3C(c3ccccc3)=CC2C1. The van der Waals surface area contributed by atoms with Crippen LogP contribution >= 0.6 is 0 Å². The number of benzene rings is 2. The quantitative estimate of drug-likeness (QED) is 0.521. The Labute approximate surface area is 129 Å². The summed E-state index contributed by atoms with van der Waals surface area (Å²) < 4.78 is 0. The molecular formula is C20H19S+. The van der Waals surface area contributed by atoms with Crippen LogP contribution in [0.4, 0.5) is 0 Å². The molecule has 2 aromatic rings. The van der Waals surface area contributed by atoms with Crippen molar-refractivity contribution in [1.29, 1.82) is 0 Å². The van der Waals surface area contributed by atoms with Gasteiger partial charge in [0.05, 0.1) is 0 Å². The Kier molecular flexibility index (Phi) is 3.23. The second kappa shape index (κ2) is 5.23. The molecule has 0 radical (unpaired) electrons. The number of allylic oxidation sites excluding steroid dienone is 1. The van der Waals surface area contributed by atoms with E-state index in [2.05, 4.69) is 73.7 Å². The van der Waals surface area contributed by atoms with Gasteiger partial charge in [0.15, 0.2) is 4.90 Å². The molecule has 0 N–H and O–H groups in total. The highest BCUT2D eigenvalue weighted by Crippen LogP contribution is 2.41. The standard InChI is InChI=1S/C20H19S/c1-15-11-12-21-17(13-15)14-19(16-7-3-2-4-8-16)18-9-5-6-10-20(18)21/h2-11,14,17H,12-13H2,1H3/q+1. The maximum atomic E-state index is 2.54. The third-order valence-electron chi connectivity index (χ3n) is 4.40. The summed E-state index contributed by atoms with van der Waals surface area (Å²) >= 11 is 0. The Balaban J connectivity index is 1.89. The van der Waals surface area contributed by atoms with E-state index in [4.69, 9.17) is 0 Å². The van der Waals surface area contributed by atoms with Crippen LogP contribution in [0.3, 0.4) is 0 Å². The summed E-state index contributed by atoms with van der Waals surface area (Å²) in [4.78, 5) is 1.56. The first-order valence-electron chi connectivity index (χ1n) is 7.55. The minimum atomic E-state index is 0.354. The Morgan fingerprint density at radius 3 is 2.57 bits per heavy atom. The molecule has 0 saturated heterocycles. The Morgan fingerprint density at radius 2 is 1.71 bits per heavy atom. The zero-order chi connectivity index (χ0) is 14.2. The monoisotopic (exact) mass is 291 g/mol. The smallest absolute Gasteiger partial charge is 0.0674 e. The van der Waals surface area contributed by atoms with Gasteiger partial charge in [-0.2, -0.15) is 0 Å². The van der Waals surface area contributed by atoms with Gasteiger partial charge >= 0.3 is 0 Å². The minimum Gasteiger partial charge on any atom is -0.0674 e.